The summed E-state index contributed by atoms with van der Waals surface area (Å²) in [5, 5.41) is 3.46. The van der Waals surface area contributed by atoms with E-state index in [4.69, 9.17) is 0 Å². The van der Waals surface area contributed by atoms with Gasteiger partial charge in [0.25, 0.3) is 0 Å². The minimum Gasteiger partial charge on any atom is -0.348 e. The van der Waals surface area contributed by atoms with Crippen molar-refractivity contribution >= 4 is 5.91 Å². The molecule has 4 heteroatoms. The van der Waals surface area contributed by atoms with Gasteiger partial charge in [0.1, 0.15) is 0 Å². The maximum atomic E-state index is 11.5. The fourth-order valence-corrected chi connectivity index (χ4v) is 1.92. The van der Waals surface area contributed by atoms with Gasteiger partial charge < -0.3 is 10.2 Å². The van der Waals surface area contributed by atoms with E-state index in [1.165, 1.54) is 0 Å². The summed E-state index contributed by atoms with van der Waals surface area (Å²) in [5.74, 6) is 0.169. The first-order valence-electron chi connectivity index (χ1n) is 5.47. The van der Waals surface area contributed by atoms with E-state index in [-0.39, 0.29) is 11.4 Å². The monoisotopic (exact) mass is 213 g/mol. The normalized spacial score (nSPS) is 24.5. The van der Waals surface area contributed by atoms with Crippen molar-refractivity contribution in [1.29, 1.82) is 0 Å². The van der Waals surface area contributed by atoms with Crippen molar-refractivity contribution in [3.8, 4) is 0 Å². The summed E-state index contributed by atoms with van der Waals surface area (Å²) in [4.78, 5) is 15.3. The van der Waals surface area contributed by atoms with Gasteiger partial charge in [-0.2, -0.15) is 0 Å². The highest BCUT2D eigenvalue weighted by atomic mass is 16.2. The molecule has 4 nitrogen and oxygen atoms in total. The Balaban J connectivity index is 2.42. The zero-order valence-corrected chi connectivity index (χ0v) is 10.5. The molecule has 1 N–H and O–H groups in total. The molecule has 1 aliphatic rings. The van der Waals surface area contributed by atoms with Gasteiger partial charge in [-0.15, -0.1) is 0 Å². The maximum absolute atomic E-state index is 11.5. The minimum absolute atomic E-state index is 0.169. The topological polar surface area (TPSA) is 35.6 Å². The largest absolute Gasteiger partial charge is 0.348 e. The third-order valence-electron chi connectivity index (χ3n) is 3.07. The Morgan fingerprint density at radius 3 is 2.40 bits per heavy atom. The van der Waals surface area contributed by atoms with Crippen LogP contribution in [0.15, 0.2) is 0 Å². The average Bonchev–Trinajstić information content (AvgIpc) is 2.45. The van der Waals surface area contributed by atoms with E-state index in [2.05, 4.69) is 24.1 Å². The lowest BCUT2D eigenvalue weighted by Crippen LogP contribution is -2.41. The molecule has 15 heavy (non-hydrogen) atoms. The first-order valence-corrected chi connectivity index (χ1v) is 5.47. The van der Waals surface area contributed by atoms with E-state index >= 15 is 0 Å². The second kappa shape index (κ2) is 4.49. The van der Waals surface area contributed by atoms with Crippen LogP contribution < -0.4 is 5.32 Å². The molecule has 0 aromatic heterocycles. The van der Waals surface area contributed by atoms with Crippen molar-refractivity contribution in [2.75, 3.05) is 34.2 Å². The maximum Gasteiger partial charge on any atom is 0.236 e. The van der Waals surface area contributed by atoms with Crippen LogP contribution in [-0.4, -0.2) is 61.5 Å². The third kappa shape index (κ3) is 3.47. The molecule has 1 atom stereocenters. The SMILES string of the molecule is CN(C)C(=O)CN(C)C1CNC(C)(C)C1. The van der Waals surface area contributed by atoms with E-state index in [1.54, 1.807) is 19.0 Å². The molecule has 0 aromatic rings. The summed E-state index contributed by atoms with van der Waals surface area (Å²) in [6, 6.07) is 0.476. The van der Waals surface area contributed by atoms with Gasteiger partial charge >= 0.3 is 0 Å². The van der Waals surface area contributed by atoms with Crippen molar-refractivity contribution < 1.29 is 4.79 Å². The van der Waals surface area contributed by atoms with Gasteiger partial charge in [-0.25, -0.2) is 0 Å². The first kappa shape index (κ1) is 12.5. The number of carbonyl (C=O) groups excluding carboxylic acids is 1. The number of carbonyl (C=O) groups is 1. The quantitative estimate of drug-likeness (QED) is 0.725. The minimum atomic E-state index is 0.169. The summed E-state index contributed by atoms with van der Waals surface area (Å²) in [6.45, 7) is 5.89. The Labute approximate surface area is 92.6 Å². The molecule has 1 unspecified atom stereocenters. The van der Waals surface area contributed by atoms with E-state index in [9.17, 15) is 4.79 Å². The number of rotatable bonds is 3. The van der Waals surface area contributed by atoms with Crippen molar-refractivity contribution in [3.05, 3.63) is 0 Å². The van der Waals surface area contributed by atoms with Crippen LogP contribution in [0.2, 0.25) is 0 Å². The zero-order chi connectivity index (χ0) is 11.6. The van der Waals surface area contributed by atoms with Crippen LogP contribution in [0.4, 0.5) is 0 Å². The van der Waals surface area contributed by atoms with E-state index in [1.807, 2.05) is 7.05 Å². The smallest absolute Gasteiger partial charge is 0.236 e. The van der Waals surface area contributed by atoms with Gasteiger partial charge in [-0.3, -0.25) is 9.69 Å². The van der Waals surface area contributed by atoms with Crippen LogP contribution in [0.5, 0.6) is 0 Å². The van der Waals surface area contributed by atoms with Crippen molar-refractivity contribution in [1.82, 2.24) is 15.1 Å². The molecular weight excluding hydrogens is 190 g/mol. The highest BCUT2D eigenvalue weighted by Crippen LogP contribution is 2.21. The lowest BCUT2D eigenvalue weighted by molar-refractivity contribution is -0.130. The number of likely N-dealkylation sites (N-methyl/N-ethyl adjacent to an activating group) is 2. The summed E-state index contributed by atoms with van der Waals surface area (Å²) < 4.78 is 0. The van der Waals surface area contributed by atoms with Gasteiger partial charge in [0, 0.05) is 32.2 Å². The molecule has 88 valence electrons. The Hall–Kier alpha value is -0.610. The fourth-order valence-electron chi connectivity index (χ4n) is 1.92. The van der Waals surface area contributed by atoms with E-state index < -0.39 is 0 Å². The predicted octanol–water partition coefficient (Wildman–Crippen LogP) is 0.147. The van der Waals surface area contributed by atoms with Crippen molar-refractivity contribution in [3.63, 3.8) is 0 Å². The van der Waals surface area contributed by atoms with Crippen LogP contribution in [0.1, 0.15) is 20.3 Å². The number of amides is 1. The second-order valence-corrected chi connectivity index (χ2v) is 5.33. The van der Waals surface area contributed by atoms with Gasteiger partial charge in [0.2, 0.25) is 5.91 Å². The number of nitrogens with zero attached hydrogens (tertiary/aromatic N) is 2. The standard InChI is InChI=1S/C11H23N3O/c1-11(2)6-9(7-12-11)14(5)8-10(15)13(3)4/h9,12H,6-8H2,1-5H3. The Morgan fingerprint density at radius 2 is 2.00 bits per heavy atom. The molecule has 1 amide bonds. The summed E-state index contributed by atoms with van der Waals surface area (Å²) in [7, 11) is 5.62. The Morgan fingerprint density at radius 1 is 1.40 bits per heavy atom. The molecule has 0 spiro atoms. The molecule has 0 aliphatic carbocycles. The number of hydrogen-bond acceptors (Lipinski definition) is 3. The zero-order valence-electron chi connectivity index (χ0n) is 10.5. The molecule has 1 heterocycles. The Kier molecular flexibility index (Phi) is 3.73. The lowest BCUT2D eigenvalue weighted by atomic mass is 10.0. The number of hydrogen-bond donors (Lipinski definition) is 1. The molecule has 0 aromatic carbocycles. The molecule has 1 aliphatic heterocycles. The first-order chi connectivity index (χ1) is 6.82. The van der Waals surface area contributed by atoms with E-state index in [0.29, 0.717) is 12.6 Å². The van der Waals surface area contributed by atoms with Crippen LogP contribution in [-0.2, 0) is 4.79 Å². The Bertz CT molecular complexity index is 238. The fraction of sp³-hybridized carbons (Fsp3) is 0.909. The second-order valence-electron chi connectivity index (χ2n) is 5.33. The van der Waals surface area contributed by atoms with Crippen molar-refractivity contribution in [2.24, 2.45) is 0 Å². The molecule has 1 rings (SSSR count). The van der Waals surface area contributed by atoms with Crippen LogP contribution in [0.3, 0.4) is 0 Å². The van der Waals surface area contributed by atoms with Gasteiger partial charge in [-0.05, 0) is 27.3 Å². The molecular formula is C11H23N3O. The molecule has 0 bridgehead atoms. The molecule has 1 saturated heterocycles. The summed E-state index contributed by atoms with van der Waals surface area (Å²) >= 11 is 0. The average molecular weight is 213 g/mol. The van der Waals surface area contributed by atoms with Gasteiger partial charge in [0.05, 0.1) is 6.54 Å². The van der Waals surface area contributed by atoms with Gasteiger partial charge in [0.15, 0.2) is 0 Å². The third-order valence-corrected chi connectivity index (χ3v) is 3.07. The molecule has 1 fully saturated rings. The van der Waals surface area contributed by atoms with Crippen molar-refractivity contribution in [2.45, 2.75) is 31.8 Å². The summed E-state index contributed by atoms with van der Waals surface area (Å²) in [6.07, 6.45) is 1.10. The van der Waals surface area contributed by atoms with Crippen LogP contribution >= 0.6 is 0 Å². The predicted molar refractivity (Wildman–Crippen MR) is 61.8 cm³/mol. The lowest BCUT2D eigenvalue weighted by Gasteiger charge is -2.25. The van der Waals surface area contributed by atoms with Gasteiger partial charge in [-0.1, -0.05) is 0 Å². The summed E-state index contributed by atoms with van der Waals surface area (Å²) in [5.41, 5.74) is 0.208. The molecule has 0 saturated carbocycles. The molecule has 0 radical (unpaired) electrons. The highest BCUT2D eigenvalue weighted by molar-refractivity contribution is 5.77. The highest BCUT2D eigenvalue weighted by Gasteiger charge is 2.32. The van der Waals surface area contributed by atoms with E-state index in [0.717, 1.165) is 13.0 Å². The number of nitrogens with one attached hydrogen (secondary N) is 1. The van der Waals surface area contributed by atoms with Crippen LogP contribution in [0.25, 0.3) is 0 Å². The van der Waals surface area contributed by atoms with Crippen LogP contribution in [0, 0.1) is 0 Å².